The molecule has 0 fully saturated rings. The van der Waals surface area contributed by atoms with E-state index in [0.717, 1.165) is 17.7 Å². The van der Waals surface area contributed by atoms with Crippen molar-refractivity contribution in [1.82, 2.24) is 5.32 Å². The number of carbonyl (C=O) groups is 1. The van der Waals surface area contributed by atoms with Gasteiger partial charge < -0.3 is 26.0 Å². The van der Waals surface area contributed by atoms with Crippen LogP contribution in [0.5, 0.6) is 0 Å². The third-order valence-corrected chi connectivity index (χ3v) is 3.74. The Kier molecular flexibility index (Phi) is 6.88. The number of carbonyl (C=O) groups excluding carboxylic acids is 1. The molecule has 2 aromatic rings. The van der Waals surface area contributed by atoms with Gasteiger partial charge >= 0.3 is 6.09 Å². The molecule has 0 heterocycles. The summed E-state index contributed by atoms with van der Waals surface area (Å²) >= 11 is 0. The second-order valence-electron chi connectivity index (χ2n) is 5.65. The fourth-order valence-corrected chi connectivity index (χ4v) is 2.30. The number of hydrogen-bond acceptors (Lipinski definition) is 5. The number of aliphatic hydroxyl groups is 2. The molecule has 0 saturated carbocycles. The summed E-state index contributed by atoms with van der Waals surface area (Å²) in [6.07, 6.45) is -4.18. The first kappa shape index (κ1) is 19.6. The summed E-state index contributed by atoms with van der Waals surface area (Å²) in [4.78, 5) is 11.6. The van der Waals surface area contributed by atoms with Gasteiger partial charge in [-0.2, -0.15) is 0 Å². The third-order valence-electron chi connectivity index (χ3n) is 3.74. The van der Waals surface area contributed by atoms with E-state index in [1.54, 1.807) is 12.1 Å². The zero-order chi connectivity index (χ0) is 19.1. The van der Waals surface area contributed by atoms with Crippen LogP contribution in [0.1, 0.15) is 23.7 Å². The average molecular weight is 366 g/mol. The Hall–Kier alpha value is -2.71. The van der Waals surface area contributed by atoms with Crippen molar-refractivity contribution in [1.29, 1.82) is 0 Å². The van der Waals surface area contributed by atoms with Crippen molar-refractivity contribution >= 4 is 11.8 Å². The van der Waals surface area contributed by atoms with Crippen LogP contribution in [-0.2, 0) is 11.3 Å². The standard InChI is InChI=1S/C18H20F2N2O4/c19-12-6-7-13(21)16(20)15(12)17(24)14(23)8-9-22-18(25)26-10-11-4-2-1-3-5-11/h1-7,14,17,23-24H,8-10,21H2,(H,22,25). The zero-order valence-electron chi connectivity index (χ0n) is 13.9. The SMILES string of the molecule is Nc1ccc(F)c(C(O)C(O)CCNC(=O)OCc2ccccc2)c1F. The molecule has 0 bridgehead atoms. The molecule has 0 aliphatic heterocycles. The average Bonchev–Trinajstić information content (AvgIpc) is 2.64. The maximum absolute atomic E-state index is 13.9. The Morgan fingerprint density at radius 2 is 1.85 bits per heavy atom. The van der Waals surface area contributed by atoms with Crippen LogP contribution >= 0.6 is 0 Å². The van der Waals surface area contributed by atoms with Crippen molar-refractivity contribution < 1.29 is 28.5 Å². The molecule has 2 unspecified atom stereocenters. The number of hydrogen-bond donors (Lipinski definition) is 4. The van der Waals surface area contributed by atoms with Crippen LogP contribution in [0.15, 0.2) is 42.5 Å². The van der Waals surface area contributed by atoms with Gasteiger partial charge in [-0.1, -0.05) is 30.3 Å². The van der Waals surface area contributed by atoms with Crippen LogP contribution in [0.2, 0.25) is 0 Å². The van der Waals surface area contributed by atoms with Crippen molar-refractivity contribution in [3.63, 3.8) is 0 Å². The van der Waals surface area contributed by atoms with E-state index in [-0.39, 0.29) is 25.3 Å². The van der Waals surface area contributed by atoms with E-state index in [0.29, 0.717) is 0 Å². The first-order valence-corrected chi connectivity index (χ1v) is 7.94. The zero-order valence-corrected chi connectivity index (χ0v) is 13.9. The molecule has 8 heteroatoms. The van der Waals surface area contributed by atoms with Gasteiger partial charge in [0, 0.05) is 6.54 Å². The number of rotatable bonds is 7. The molecule has 140 valence electrons. The summed E-state index contributed by atoms with van der Waals surface area (Å²) in [5, 5.41) is 22.3. The summed E-state index contributed by atoms with van der Waals surface area (Å²) in [5.41, 5.74) is 5.11. The molecule has 0 spiro atoms. The van der Waals surface area contributed by atoms with Gasteiger partial charge in [-0.25, -0.2) is 13.6 Å². The number of benzene rings is 2. The predicted octanol–water partition coefficient (Wildman–Crippen LogP) is 2.26. The maximum atomic E-state index is 13.9. The highest BCUT2D eigenvalue weighted by atomic mass is 19.1. The minimum absolute atomic E-state index is 0.0581. The van der Waals surface area contributed by atoms with E-state index in [9.17, 15) is 23.8 Å². The van der Waals surface area contributed by atoms with Crippen LogP contribution in [0, 0.1) is 11.6 Å². The topological polar surface area (TPSA) is 105 Å². The quantitative estimate of drug-likeness (QED) is 0.563. The van der Waals surface area contributed by atoms with E-state index >= 15 is 0 Å². The van der Waals surface area contributed by atoms with Gasteiger partial charge in [-0.15, -0.1) is 0 Å². The van der Waals surface area contributed by atoms with Crippen LogP contribution in [0.4, 0.5) is 19.3 Å². The lowest BCUT2D eigenvalue weighted by Gasteiger charge is -2.20. The monoisotopic (exact) mass is 366 g/mol. The van der Waals surface area contributed by atoms with E-state index in [1.165, 1.54) is 0 Å². The molecule has 0 saturated heterocycles. The summed E-state index contributed by atoms with van der Waals surface area (Å²) < 4.78 is 32.5. The second-order valence-corrected chi connectivity index (χ2v) is 5.65. The molecule has 6 nitrogen and oxygen atoms in total. The van der Waals surface area contributed by atoms with Gasteiger partial charge in [-0.05, 0) is 24.1 Å². The van der Waals surface area contributed by atoms with E-state index in [1.807, 2.05) is 18.2 Å². The van der Waals surface area contributed by atoms with Gasteiger partial charge in [-0.3, -0.25) is 0 Å². The number of aliphatic hydroxyl groups excluding tert-OH is 2. The lowest BCUT2D eigenvalue weighted by Crippen LogP contribution is -2.30. The van der Waals surface area contributed by atoms with E-state index < -0.39 is 35.5 Å². The molecule has 0 aromatic heterocycles. The van der Waals surface area contributed by atoms with Crippen LogP contribution in [0.25, 0.3) is 0 Å². The van der Waals surface area contributed by atoms with Crippen molar-refractivity contribution in [3.8, 4) is 0 Å². The number of amides is 1. The van der Waals surface area contributed by atoms with Crippen molar-refractivity contribution in [2.45, 2.75) is 25.2 Å². The second kappa shape index (κ2) is 9.12. The Labute approximate surface area is 149 Å². The van der Waals surface area contributed by atoms with E-state index in [4.69, 9.17) is 10.5 Å². The number of halogens is 2. The lowest BCUT2D eigenvalue weighted by molar-refractivity contribution is 0.00952. The molecule has 5 N–H and O–H groups in total. The Balaban J connectivity index is 1.80. The van der Waals surface area contributed by atoms with E-state index in [2.05, 4.69) is 5.32 Å². The number of nitrogens with two attached hydrogens (primary N) is 1. The number of ether oxygens (including phenoxy) is 1. The summed E-state index contributed by atoms with van der Waals surface area (Å²) in [7, 11) is 0. The smallest absolute Gasteiger partial charge is 0.407 e. The Morgan fingerprint density at radius 1 is 1.15 bits per heavy atom. The summed E-state index contributed by atoms with van der Waals surface area (Å²) in [6, 6.07) is 11.0. The Bertz CT molecular complexity index is 743. The molecule has 2 rings (SSSR count). The first-order chi connectivity index (χ1) is 12.4. The van der Waals surface area contributed by atoms with Crippen molar-refractivity contribution in [2.75, 3.05) is 12.3 Å². The summed E-state index contributed by atoms with van der Waals surface area (Å²) in [5.74, 6) is -2.13. The number of nitrogen functional groups attached to an aromatic ring is 1. The molecule has 0 radical (unpaired) electrons. The van der Waals surface area contributed by atoms with Crippen molar-refractivity contribution in [2.24, 2.45) is 0 Å². The van der Waals surface area contributed by atoms with Gasteiger partial charge in [0.25, 0.3) is 0 Å². The molecule has 2 aromatic carbocycles. The lowest BCUT2D eigenvalue weighted by atomic mass is 10.00. The minimum atomic E-state index is -1.82. The normalized spacial score (nSPS) is 13.1. The van der Waals surface area contributed by atoms with Crippen LogP contribution in [-0.4, -0.2) is 29.0 Å². The molecule has 26 heavy (non-hydrogen) atoms. The van der Waals surface area contributed by atoms with Gasteiger partial charge in [0.15, 0.2) is 5.82 Å². The number of anilines is 1. The molecule has 1 amide bonds. The predicted molar refractivity (Wildman–Crippen MR) is 91.0 cm³/mol. The van der Waals surface area contributed by atoms with Crippen LogP contribution < -0.4 is 11.1 Å². The molecular weight excluding hydrogens is 346 g/mol. The largest absolute Gasteiger partial charge is 0.445 e. The van der Waals surface area contributed by atoms with Gasteiger partial charge in [0.2, 0.25) is 0 Å². The highest BCUT2D eigenvalue weighted by Crippen LogP contribution is 2.27. The number of alkyl carbamates (subject to hydrolysis) is 1. The van der Waals surface area contributed by atoms with Crippen LogP contribution in [0.3, 0.4) is 0 Å². The number of nitrogens with one attached hydrogen (secondary N) is 1. The highest BCUT2D eigenvalue weighted by molar-refractivity contribution is 5.67. The fourth-order valence-electron chi connectivity index (χ4n) is 2.30. The molecule has 0 aliphatic carbocycles. The van der Waals surface area contributed by atoms with Gasteiger partial charge in [0.1, 0.15) is 18.5 Å². The maximum Gasteiger partial charge on any atom is 0.407 e. The summed E-state index contributed by atoms with van der Waals surface area (Å²) in [6.45, 7) is 0.0228. The molecule has 0 aliphatic rings. The molecular formula is C18H20F2N2O4. The minimum Gasteiger partial charge on any atom is -0.445 e. The highest BCUT2D eigenvalue weighted by Gasteiger charge is 2.26. The van der Waals surface area contributed by atoms with Crippen molar-refractivity contribution in [3.05, 3.63) is 65.2 Å². The fraction of sp³-hybridized carbons (Fsp3) is 0.278. The Morgan fingerprint density at radius 3 is 2.54 bits per heavy atom. The molecule has 2 atom stereocenters. The first-order valence-electron chi connectivity index (χ1n) is 7.94. The van der Waals surface area contributed by atoms with Gasteiger partial charge in [0.05, 0.1) is 17.4 Å². The third kappa shape index (κ3) is 5.14.